The number of alkyl halides is 3. The zero-order valence-corrected chi connectivity index (χ0v) is 11.8. The Bertz CT molecular complexity index is 541. The largest absolute Gasteiger partial charge is 0.416 e. The van der Waals surface area contributed by atoms with Crippen LogP contribution in [0.1, 0.15) is 12.5 Å². The third kappa shape index (κ3) is 4.94. The highest BCUT2D eigenvalue weighted by Crippen LogP contribution is 2.34. The Morgan fingerprint density at radius 2 is 1.95 bits per heavy atom. The molecular weight excluding hydrogens is 299 g/mol. The van der Waals surface area contributed by atoms with Crippen LogP contribution in [0.5, 0.6) is 0 Å². The minimum Gasteiger partial charge on any atom is -0.398 e. The molecule has 0 aromatic heterocycles. The Balaban J connectivity index is 2.71. The van der Waals surface area contributed by atoms with Gasteiger partial charge in [-0.25, -0.2) is 8.42 Å². The summed E-state index contributed by atoms with van der Waals surface area (Å²) in [6, 6.07) is 3.06. The molecule has 8 heteroatoms. The van der Waals surface area contributed by atoms with Crippen LogP contribution in [-0.2, 0) is 16.0 Å². The molecule has 0 aliphatic rings. The van der Waals surface area contributed by atoms with E-state index in [0.717, 1.165) is 23.9 Å². The molecule has 0 unspecified atom stereocenters. The molecule has 19 heavy (non-hydrogen) atoms. The van der Waals surface area contributed by atoms with Gasteiger partial charge in [0.1, 0.15) is 0 Å². The first kappa shape index (κ1) is 16.2. The van der Waals surface area contributed by atoms with Crippen molar-refractivity contribution < 1.29 is 21.6 Å². The molecule has 0 aliphatic heterocycles. The number of rotatable bonds is 5. The maximum atomic E-state index is 12.4. The normalized spacial score (nSPS) is 12.6. The third-order valence-electron chi connectivity index (χ3n) is 2.43. The Kier molecular flexibility index (Phi) is 5.14. The highest BCUT2D eigenvalue weighted by Gasteiger charge is 2.30. The minimum absolute atomic E-state index is 0.00808. The summed E-state index contributed by atoms with van der Waals surface area (Å²) < 4.78 is 59.8. The van der Waals surface area contributed by atoms with E-state index in [2.05, 4.69) is 0 Å². The first-order valence-electron chi connectivity index (χ1n) is 5.45. The van der Waals surface area contributed by atoms with Crippen molar-refractivity contribution in [3.8, 4) is 0 Å². The third-order valence-corrected chi connectivity index (χ3v) is 5.48. The predicted molar refractivity (Wildman–Crippen MR) is 70.9 cm³/mol. The second-order valence-electron chi connectivity index (χ2n) is 3.84. The van der Waals surface area contributed by atoms with Gasteiger partial charge in [-0.05, 0) is 18.2 Å². The fourth-order valence-electron chi connectivity index (χ4n) is 1.28. The van der Waals surface area contributed by atoms with E-state index in [1.807, 2.05) is 0 Å². The standard InChI is InChI=1S/C11H14F3NO2S2/c1-2-19(16,17)6-5-18-10-4-3-8(7-9(10)15)11(12,13)14/h3-4,7H,2,5-6,15H2,1H3. The number of nitrogens with two attached hydrogens (primary N) is 1. The maximum absolute atomic E-state index is 12.4. The van der Waals surface area contributed by atoms with Crippen LogP contribution in [0, 0.1) is 0 Å². The van der Waals surface area contributed by atoms with E-state index in [-0.39, 0.29) is 22.9 Å². The molecule has 2 N–H and O–H groups in total. The lowest BCUT2D eigenvalue weighted by Crippen LogP contribution is -2.10. The summed E-state index contributed by atoms with van der Waals surface area (Å²) in [5, 5.41) is 0. The number of anilines is 1. The summed E-state index contributed by atoms with van der Waals surface area (Å²) in [4.78, 5) is 0.458. The van der Waals surface area contributed by atoms with Crippen molar-refractivity contribution in [2.24, 2.45) is 0 Å². The van der Waals surface area contributed by atoms with Gasteiger partial charge in [0.25, 0.3) is 0 Å². The molecule has 0 amide bonds. The summed E-state index contributed by atoms with van der Waals surface area (Å²) in [6.07, 6.45) is -4.43. The van der Waals surface area contributed by atoms with Gasteiger partial charge in [-0.15, -0.1) is 11.8 Å². The number of benzene rings is 1. The van der Waals surface area contributed by atoms with Crippen molar-refractivity contribution in [3.05, 3.63) is 23.8 Å². The molecule has 0 radical (unpaired) electrons. The summed E-state index contributed by atoms with van der Waals surface area (Å²) in [7, 11) is -3.08. The smallest absolute Gasteiger partial charge is 0.398 e. The lowest BCUT2D eigenvalue weighted by atomic mass is 10.2. The van der Waals surface area contributed by atoms with Gasteiger partial charge in [-0.2, -0.15) is 13.2 Å². The maximum Gasteiger partial charge on any atom is 0.416 e. The lowest BCUT2D eigenvalue weighted by molar-refractivity contribution is -0.137. The van der Waals surface area contributed by atoms with Crippen LogP contribution < -0.4 is 5.73 Å². The Labute approximate surface area is 114 Å². The number of hydrogen-bond donors (Lipinski definition) is 1. The molecule has 0 heterocycles. The van der Waals surface area contributed by atoms with Crippen molar-refractivity contribution in [3.63, 3.8) is 0 Å². The highest BCUT2D eigenvalue weighted by atomic mass is 32.2. The fraction of sp³-hybridized carbons (Fsp3) is 0.455. The van der Waals surface area contributed by atoms with Crippen LogP contribution in [0.4, 0.5) is 18.9 Å². The number of nitrogen functional groups attached to an aromatic ring is 1. The van der Waals surface area contributed by atoms with Gasteiger partial charge in [0.2, 0.25) is 0 Å². The second-order valence-corrected chi connectivity index (χ2v) is 7.44. The van der Waals surface area contributed by atoms with Crippen molar-refractivity contribution in [1.82, 2.24) is 0 Å². The quantitative estimate of drug-likeness (QED) is 0.671. The monoisotopic (exact) mass is 313 g/mol. The number of sulfone groups is 1. The number of thioether (sulfide) groups is 1. The molecule has 1 aromatic carbocycles. The van der Waals surface area contributed by atoms with Crippen LogP contribution in [0.25, 0.3) is 0 Å². The van der Waals surface area contributed by atoms with Crippen molar-refractivity contribution in [2.75, 3.05) is 23.0 Å². The predicted octanol–water partition coefficient (Wildman–Crippen LogP) is 2.81. The van der Waals surface area contributed by atoms with Gasteiger partial charge in [0.05, 0.1) is 11.3 Å². The average Bonchev–Trinajstić information content (AvgIpc) is 2.30. The SMILES string of the molecule is CCS(=O)(=O)CCSc1ccc(C(F)(F)F)cc1N. The van der Waals surface area contributed by atoms with Gasteiger partial charge in [0, 0.05) is 22.1 Å². The highest BCUT2D eigenvalue weighted by molar-refractivity contribution is 8.00. The second kappa shape index (κ2) is 6.04. The van der Waals surface area contributed by atoms with Gasteiger partial charge in [-0.1, -0.05) is 6.92 Å². The van der Waals surface area contributed by atoms with Crippen LogP contribution >= 0.6 is 11.8 Å². The van der Waals surface area contributed by atoms with Gasteiger partial charge in [0.15, 0.2) is 9.84 Å². The molecule has 0 saturated heterocycles. The van der Waals surface area contributed by atoms with E-state index in [4.69, 9.17) is 5.73 Å². The zero-order valence-electron chi connectivity index (χ0n) is 10.2. The summed E-state index contributed by atoms with van der Waals surface area (Å²) in [5.74, 6) is 0.302. The van der Waals surface area contributed by atoms with Gasteiger partial charge in [-0.3, -0.25) is 0 Å². The molecule has 0 fully saturated rings. The van der Waals surface area contributed by atoms with Crippen molar-refractivity contribution >= 4 is 27.3 Å². The van der Waals surface area contributed by atoms with E-state index in [1.54, 1.807) is 6.92 Å². The van der Waals surface area contributed by atoms with Crippen molar-refractivity contribution in [1.29, 1.82) is 0 Å². The molecule has 1 rings (SSSR count). The first-order valence-corrected chi connectivity index (χ1v) is 8.26. The topological polar surface area (TPSA) is 60.2 Å². The molecule has 1 aromatic rings. The first-order chi connectivity index (χ1) is 8.65. The van der Waals surface area contributed by atoms with E-state index in [9.17, 15) is 21.6 Å². The van der Waals surface area contributed by atoms with E-state index >= 15 is 0 Å². The van der Waals surface area contributed by atoms with Crippen LogP contribution in [0.15, 0.2) is 23.1 Å². The zero-order chi connectivity index (χ0) is 14.7. The summed E-state index contributed by atoms with van der Waals surface area (Å²) in [5.41, 5.74) is 4.73. The van der Waals surface area contributed by atoms with E-state index < -0.39 is 21.6 Å². The van der Waals surface area contributed by atoms with E-state index in [0.29, 0.717) is 4.90 Å². The Hall–Kier alpha value is -0.890. The van der Waals surface area contributed by atoms with Gasteiger partial charge >= 0.3 is 6.18 Å². The van der Waals surface area contributed by atoms with Crippen molar-refractivity contribution in [2.45, 2.75) is 18.0 Å². The molecule has 0 atom stereocenters. The number of hydrogen-bond acceptors (Lipinski definition) is 4. The molecular formula is C11H14F3NO2S2. The molecule has 108 valence electrons. The lowest BCUT2D eigenvalue weighted by Gasteiger charge is -2.10. The molecule has 0 bridgehead atoms. The molecule has 0 saturated carbocycles. The van der Waals surface area contributed by atoms with Crippen LogP contribution in [-0.4, -0.2) is 25.7 Å². The van der Waals surface area contributed by atoms with Crippen LogP contribution in [0.2, 0.25) is 0 Å². The van der Waals surface area contributed by atoms with Crippen LogP contribution in [0.3, 0.4) is 0 Å². The summed E-state index contributed by atoms with van der Waals surface area (Å²) >= 11 is 1.14. The summed E-state index contributed by atoms with van der Waals surface area (Å²) in [6.45, 7) is 1.55. The molecule has 0 aliphatic carbocycles. The average molecular weight is 313 g/mol. The molecule has 0 spiro atoms. The van der Waals surface area contributed by atoms with E-state index in [1.165, 1.54) is 6.07 Å². The Morgan fingerprint density at radius 3 is 2.42 bits per heavy atom. The fourth-order valence-corrected chi connectivity index (χ4v) is 3.53. The molecule has 3 nitrogen and oxygen atoms in total. The Morgan fingerprint density at radius 1 is 1.32 bits per heavy atom. The number of halogens is 3. The minimum atomic E-state index is -4.43. The van der Waals surface area contributed by atoms with Gasteiger partial charge < -0.3 is 5.73 Å².